The van der Waals surface area contributed by atoms with Crippen LogP contribution in [0, 0.1) is 17.3 Å². The Morgan fingerprint density at radius 1 is 1.00 bits per heavy atom. The summed E-state index contributed by atoms with van der Waals surface area (Å²) in [4.78, 5) is 41.3. The van der Waals surface area contributed by atoms with Gasteiger partial charge in [0.2, 0.25) is 0 Å². The first kappa shape index (κ1) is 42.5. The van der Waals surface area contributed by atoms with Crippen LogP contribution in [0.3, 0.4) is 0 Å². The molecule has 5 aromatic rings. The highest BCUT2D eigenvalue weighted by Gasteiger charge is 2.50. The van der Waals surface area contributed by atoms with Gasteiger partial charge < -0.3 is 34.8 Å². The number of nitrogens with one attached hydrogen (secondary N) is 3. The number of anilines is 1. The van der Waals surface area contributed by atoms with Crippen LogP contribution in [0.15, 0.2) is 32.7 Å². The second-order valence-electron chi connectivity index (χ2n) is 17.9. The van der Waals surface area contributed by atoms with Gasteiger partial charge in [0.25, 0.3) is 0 Å². The Kier molecular flexibility index (Phi) is 12.2. The highest BCUT2D eigenvalue weighted by atomic mass is 79.9. The number of pyridine rings is 2. The summed E-state index contributed by atoms with van der Waals surface area (Å²) < 4.78 is 12.4. The zero-order valence-corrected chi connectivity index (χ0v) is 38.4. The number of aromatic amines is 2. The first-order chi connectivity index (χ1) is 28.1. The molecule has 12 nitrogen and oxygen atoms in total. The van der Waals surface area contributed by atoms with Crippen LogP contribution in [0.25, 0.3) is 22.1 Å². The van der Waals surface area contributed by atoms with Gasteiger partial charge in [0, 0.05) is 29.9 Å². The largest absolute Gasteiger partial charge is 0.444 e. The molecule has 2 saturated heterocycles. The number of carbonyl (C=O) groups excluding carboxylic acids is 1. The first-order valence-electron chi connectivity index (χ1n) is 20.7. The fourth-order valence-corrected chi connectivity index (χ4v) is 10.7. The van der Waals surface area contributed by atoms with Crippen molar-refractivity contribution in [1.82, 2.24) is 35.2 Å². The molecule has 0 radical (unpaired) electrons. The van der Waals surface area contributed by atoms with Gasteiger partial charge in [0.15, 0.2) is 5.82 Å². The third kappa shape index (κ3) is 8.95. The predicted octanol–water partition coefficient (Wildman–Crippen LogP) is 9.78. The van der Waals surface area contributed by atoms with Gasteiger partial charge in [0.1, 0.15) is 26.6 Å². The summed E-state index contributed by atoms with van der Waals surface area (Å²) in [6.45, 7) is 13.9. The Morgan fingerprint density at radius 3 is 2.22 bits per heavy atom. The molecule has 16 heteroatoms. The fraction of sp³-hybridized carbons (Fsp3) is 0.558. The maximum Gasteiger partial charge on any atom is 0.407 e. The highest BCUT2D eigenvalue weighted by Crippen LogP contribution is 2.44. The van der Waals surface area contributed by atoms with Crippen LogP contribution in [0.2, 0.25) is 10.3 Å². The molecule has 7 heterocycles. The summed E-state index contributed by atoms with van der Waals surface area (Å²) in [6, 6.07) is 3.92. The number of fused-ring (bicyclic) bond motifs is 6. The number of carbonyl (C=O) groups is 1. The number of amides is 1. The van der Waals surface area contributed by atoms with Crippen molar-refractivity contribution >= 4 is 84.9 Å². The minimum atomic E-state index is -0.568. The number of nitrogens with zero attached hydrogens (tertiary/aromatic N) is 5. The Morgan fingerprint density at radius 2 is 1.61 bits per heavy atom. The highest BCUT2D eigenvalue weighted by molar-refractivity contribution is 9.10. The molecule has 1 amide bonds. The molecule has 0 saturated carbocycles. The topological polar surface area (TPSA) is 154 Å². The molecule has 0 bridgehead atoms. The normalized spacial score (nSPS) is 22.6. The van der Waals surface area contributed by atoms with Crippen LogP contribution < -0.4 is 10.2 Å². The van der Waals surface area contributed by atoms with Gasteiger partial charge in [-0.1, -0.05) is 48.8 Å². The van der Waals surface area contributed by atoms with E-state index in [2.05, 4.69) is 54.9 Å². The molecule has 316 valence electrons. The second-order valence-corrected chi connectivity index (χ2v) is 20.6. The second kappa shape index (κ2) is 17.0. The van der Waals surface area contributed by atoms with Crippen molar-refractivity contribution < 1.29 is 19.4 Å². The number of halogens is 3. The number of aliphatic hydroxyl groups excluding tert-OH is 1. The average molecular weight is 929 g/mol. The monoisotopic (exact) mass is 926 g/mol. The number of H-pyrrole nitrogens is 2. The third-order valence-corrected chi connectivity index (χ3v) is 14.7. The average Bonchev–Trinajstić information content (AvgIpc) is 3.81. The van der Waals surface area contributed by atoms with Crippen molar-refractivity contribution in [3.63, 3.8) is 0 Å². The standard InChI is InChI=1S/C31H41ClN6O4S.C12H12BrClN2/c1-17-6-7-20-19(12-17)25-21(34-20)13-23(27(32)36-25)43-24-14-33-28(22(15-39)35-24)38-10-8-31(9-11-38)16-41-18(2)26(31)37-29(40)42-30(3,4)5;1-6-2-3-9-7(4-6)11-10(15-9)5-8(13)12(14)16-11/h13-14,17-18,26,34,39H,6-12,15-16H2,1-5H3,(H,37,40);5-6,15H,2-4H2,1H3/t17?,18-,26+;/m0./s1. The van der Waals surface area contributed by atoms with Crippen LogP contribution in [-0.4, -0.2) is 78.5 Å². The molecule has 2 aliphatic heterocycles. The van der Waals surface area contributed by atoms with Gasteiger partial charge in [-0.05, 0) is 130 Å². The minimum Gasteiger partial charge on any atom is -0.444 e. The molecule has 59 heavy (non-hydrogen) atoms. The molecular formula is C43H53BrCl2N8O4S. The number of hydrogen-bond donors (Lipinski definition) is 4. The molecule has 5 aromatic heterocycles. The van der Waals surface area contributed by atoms with Crippen molar-refractivity contribution in [2.24, 2.45) is 17.3 Å². The van der Waals surface area contributed by atoms with E-state index in [-0.39, 0.29) is 24.2 Å². The van der Waals surface area contributed by atoms with E-state index in [1.165, 1.54) is 47.1 Å². The summed E-state index contributed by atoms with van der Waals surface area (Å²) in [5.74, 6) is 2.06. The molecular weight excluding hydrogens is 875 g/mol. The SMILES string of the molecule is CC1CCc2[nH]c3cc(Br)c(Cl)nc3c2C1.CC1CCc2[nH]c3cc(Sc4cnc(N5CCC6(CC5)CO[C@@H](C)[C@H]6NC(=O)OC(C)(C)C)c(CO)n4)c(Cl)nc3c2C1. The van der Waals surface area contributed by atoms with Gasteiger partial charge in [0.05, 0.1) is 63.0 Å². The number of alkyl carbamates (subject to hydrolysis) is 1. The van der Waals surface area contributed by atoms with E-state index in [1.54, 1.807) is 6.20 Å². The zero-order chi connectivity index (χ0) is 41.8. The summed E-state index contributed by atoms with van der Waals surface area (Å²) in [6.07, 6.45) is 9.54. The molecule has 2 aliphatic carbocycles. The molecule has 2 fully saturated rings. The Balaban J connectivity index is 0.000000251. The van der Waals surface area contributed by atoms with Crippen molar-refractivity contribution in [3.05, 3.63) is 61.3 Å². The van der Waals surface area contributed by atoms with Gasteiger partial charge in [-0.25, -0.2) is 24.7 Å². The molecule has 4 aliphatic rings. The number of aryl methyl sites for hydroxylation is 2. The molecule has 4 N–H and O–H groups in total. The van der Waals surface area contributed by atoms with E-state index in [0.29, 0.717) is 52.5 Å². The van der Waals surface area contributed by atoms with Crippen molar-refractivity contribution in [3.8, 4) is 0 Å². The zero-order valence-electron chi connectivity index (χ0n) is 34.5. The number of aliphatic hydroxyl groups is 1. The molecule has 2 unspecified atom stereocenters. The number of ether oxygens (including phenoxy) is 2. The van der Waals surface area contributed by atoms with Crippen molar-refractivity contribution in [2.45, 2.75) is 127 Å². The van der Waals surface area contributed by atoms with Crippen molar-refractivity contribution in [1.29, 1.82) is 0 Å². The van der Waals surface area contributed by atoms with E-state index >= 15 is 0 Å². The third-order valence-electron chi connectivity index (χ3n) is 12.3. The summed E-state index contributed by atoms with van der Waals surface area (Å²) in [5.41, 5.74) is 9.12. The van der Waals surface area contributed by atoms with E-state index in [9.17, 15) is 9.90 Å². The number of aromatic nitrogens is 6. The molecule has 9 rings (SSSR count). The lowest BCUT2D eigenvalue weighted by Crippen LogP contribution is -2.55. The summed E-state index contributed by atoms with van der Waals surface area (Å²) in [5, 5.41) is 15.0. The fourth-order valence-electron chi connectivity index (χ4n) is 9.21. The van der Waals surface area contributed by atoms with Crippen LogP contribution in [0.1, 0.15) is 95.4 Å². The summed E-state index contributed by atoms with van der Waals surface area (Å²) >= 11 is 17.5. The molecule has 4 atom stereocenters. The first-order valence-corrected chi connectivity index (χ1v) is 23.0. The maximum absolute atomic E-state index is 12.6. The van der Waals surface area contributed by atoms with Crippen LogP contribution in [0.4, 0.5) is 10.6 Å². The van der Waals surface area contributed by atoms with Gasteiger partial charge in [-0.2, -0.15) is 0 Å². The number of rotatable bonds is 5. The van der Waals surface area contributed by atoms with Gasteiger partial charge >= 0.3 is 6.09 Å². The van der Waals surface area contributed by atoms with Gasteiger partial charge in [-0.3, -0.25) is 0 Å². The number of piperidine rings is 1. The van der Waals surface area contributed by atoms with Gasteiger partial charge in [-0.15, -0.1) is 0 Å². The Bertz CT molecular complexity index is 2380. The quantitative estimate of drug-likeness (QED) is 0.125. The maximum atomic E-state index is 12.6. The van der Waals surface area contributed by atoms with E-state index < -0.39 is 11.7 Å². The Labute approximate surface area is 367 Å². The summed E-state index contributed by atoms with van der Waals surface area (Å²) in [7, 11) is 0. The van der Waals surface area contributed by atoms with Crippen molar-refractivity contribution in [2.75, 3.05) is 24.6 Å². The van der Waals surface area contributed by atoms with Crippen LogP contribution >= 0.6 is 50.9 Å². The van der Waals surface area contributed by atoms with Crippen LogP contribution in [0.5, 0.6) is 0 Å². The molecule has 0 aromatic carbocycles. The van der Waals surface area contributed by atoms with E-state index in [0.717, 1.165) is 75.9 Å². The van der Waals surface area contributed by atoms with Crippen LogP contribution in [-0.2, 0) is 41.8 Å². The smallest absolute Gasteiger partial charge is 0.407 e. The van der Waals surface area contributed by atoms with E-state index in [4.69, 9.17) is 47.6 Å². The lowest BCUT2D eigenvalue weighted by molar-refractivity contribution is 0.0434. The minimum absolute atomic E-state index is 0.108. The number of hydrogen-bond acceptors (Lipinski definition) is 10. The lowest BCUT2D eigenvalue weighted by atomic mass is 9.73. The Hall–Kier alpha value is -3.14. The predicted molar refractivity (Wildman–Crippen MR) is 237 cm³/mol. The lowest BCUT2D eigenvalue weighted by Gasteiger charge is -2.43. The van der Waals surface area contributed by atoms with E-state index in [1.807, 2.05) is 39.8 Å². The molecule has 1 spiro atoms.